The van der Waals surface area contributed by atoms with Crippen LogP contribution >= 0.6 is 0 Å². The zero-order valence-electron chi connectivity index (χ0n) is 25.6. The molecule has 0 bridgehead atoms. The van der Waals surface area contributed by atoms with E-state index >= 15 is 0 Å². The fourth-order valence-electron chi connectivity index (χ4n) is 7.02. The highest BCUT2D eigenvalue weighted by molar-refractivity contribution is 5.87. The molecule has 0 fully saturated rings. The summed E-state index contributed by atoms with van der Waals surface area (Å²) in [7, 11) is 0. The van der Waals surface area contributed by atoms with E-state index < -0.39 is 0 Å². The van der Waals surface area contributed by atoms with Crippen molar-refractivity contribution in [1.29, 1.82) is 0 Å². The first-order valence-corrected chi connectivity index (χ1v) is 16.2. The van der Waals surface area contributed by atoms with Gasteiger partial charge in [-0.05, 0) is 88.0 Å². The summed E-state index contributed by atoms with van der Waals surface area (Å²) in [6, 6.07) is 35.5. The molecule has 1 heterocycles. The summed E-state index contributed by atoms with van der Waals surface area (Å²) in [4.78, 5) is 2.40. The molecule has 0 radical (unpaired) electrons. The number of rotatable bonds is 14. The van der Waals surface area contributed by atoms with Gasteiger partial charge in [0.1, 0.15) is 0 Å². The van der Waals surface area contributed by atoms with Crippen LogP contribution in [0, 0.1) is 0 Å². The number of nitrogens with zero attached hydrogens (tertiary/aromatic N) is 4. The van der Waals surface area contributed by atoms with Crippen LogP contribution in [-0.4, -0.2) is 20.6 Å². The molecule has 220 valence electrons. The number of hydrogen-bond acceptors (Lipinski definition) is 4. The van der Waals surface area contributed by atoms with Gasteiger partial charge in [-0.25, -0.2) is 5.10 Å². The number of fused-ring (bicyclic) bond motifs is 3. The molecule has 0 saturated carbocycles. The third-order valence-corrected chi connectivity index (χ3v) is 9.16. The minimum absolute atomic E-state index is 0.0509. The molecule has 0 spiro atoms. The van der Waals surface area contributed by atoms with Crippen LogP contribution in [0.1, 0.15) is 89.2 Å². The number of tetrazole rings is 1. The second-order valence-corrected chi connectivity index (χ2v) is 12.0. The maximum Gasteiger partial charge on any atom is 0.179 e. The largest absolute Gasteiger partial charge is 0.310 e. The van der Waals surface area contributed by atoms with Crippen LogP contribution in [0.5, 0.6) is 0 Å². The van der Waals surface area contributed by atoms with E-state index in [0.29, 0.717) is 0 Å². The fraction of sp³-hybridized carbons (Fsp3) is 0.342. The van der Waals surface area contributed by atoms with Gasteiger partial charge in [-0.1, -0.05) is 120 Å². The van der Waals surface area contributed by atoms with Gasteiger partial charge >= 0.3 is 0 Å². The van der Waals surface area contributed by atoms with Crippen molar-refractivity contribution in [3.05, 3.63) is 108 Å². The van der Waals surface area contributed by atoms with Gasteiger partial charge in [-0.2, -0.15) is 0 Å². The highest BCUT2D eigenvalue weighted by atomic mass is 15.5. The Morgan fingerprint density at radius 1 is 0.605 bits per heavy atom. The number of hydrogen-bond donors (Lipinski definition) is 1. The summed E-state index contributed by atoms with van der Waals surface area (Å²) in [5, 5.41) is 15.0. The molecule has 4 aromatic carbocycles. The molecule has 1 N–H and O–H groups in total. The van der Waals surface area contributed by atoms with Crippen LogP contribution < -0.4 is 4.90 Å². The van der Waals surface area contributed by atoms with E-state index in [1.807, 2.05) is 0 Å². The molecule has 0 aliphatic heterocycles. The Balaban J connectivity index is 1.51. The average molecular weight is 570 g/mol. The van der Waals surface area contributed by atoms with Gasteiger partial charge in [0.05, 0.1) is 0 Å². The van der Waals surface area contributed by atoms with Gasteiger partial charge in [0.15, 0.2) is 5.82 Å². The molecule has 0 amide bonds. The molecular weight excluding hydrogens is 526 g/mol. The molecule has 5 aromatic rings. The minimum Gasteiger partial charge on any atom is -0.310 e. The number of unbranched alkanes of at least 4 members (excludes halogenated alkanes) is 6. The number of anilines is 3. The van der Waals surface area contributed by atoms with Gasteiger partial charge < -0.3 is 4.90 Å². The zero-order valence-corrected chi connectivity index (χ0v) is 25.6. The number of nitrogens with one attached hydrogen (secondary N) is 1. The SMILES string of the molecule is CCCCCCC1(CCCCCC)c2cc(-c3nnn[nH]3)ccc2-c2ccc(N(c3ccccc3)c3ccccc3)cc21. The van der Waals surface area contributed by atoms with Gasteiger partial charge in [0, 0.05) is 28.0 Å². The molecule has 1 aliphatic carbocycles. The summed E-state index contributed by atoms with van der Waals surface area (Å²) >= 11 is 0. The molecule has 0 atom stereocenters. The molecule has 0 unspecified atom stereocenters. The van der Waals surface area contributed by atoms with Crippen molar-refractivity contribution in [2.45, 2.75) is 83.5 Å². The summed E-state index contributed by atoms with van der Waals surface area (Å²) < 4.78 is 0. The van der Waals surface area contributed by atoms with Crippen molar-refractivity contribution in [1.82, 2.24) is 20.6 Å². The van der Waals surface area contributed by atoms with E-state index in [4.69, 9.17) is 0 Å². The van der Waals surface area contributed by atoms with Gasteiger partial charge in [0.2, 0.25) is 0 Å². The Hall–Kier alpha value is -4.25. The first-order valence-electron chi connectivity index (χ1n) is 16.2. The van der Waals surface area contributed by atoms with Crippen molar-refractivity contribution in [2.24, 2.45) is 0 Å². The lowest BCUT2D eigenvalue weighted by Crippen LogP contribution is -2.26. The number of benzene rings is 4. The first kappa shape index (κ1) is 28.9. The summed E-state index contributed by atoms with van der Waals surface area (Å²) in [6.07, 6.45) is 12.3. The molecule has 1 aliphatic rings. The van der Waals surface area contributed by atoms with Crippen LogP contribution in [-0.2, 0) is 5.41 Å². The predicted molar refractivity (Wildman–Crippen MR) is 178 cm³/mol. The number of aromatic nitrogens is 4. The second kappa shape index (κ2) is 13.4. The molecule has 43 heavy (non-hydrogen) atoms. The van der Waals surface area contributed by atoms with Crippen LogP contribution in [0.2, 0.25) is 0 Å². The first-order chi connectivity index (χ1) is 21.2. The summed E-state index contributed by atoms with van der Waals surface area (Å²) in [5.41, 5.74) is 10.2. The van der Waals surface area contributed by atoms with Crippen molar-refractivity contribution in [3.63, 3.8) is 0 Å². The van der Waals surface area contributed by atoms with Crippen LogP contribution in [0.3, 0.4) is 0 Å². The molecule has 6 rings (SSSR count). The lowest BCUT2D eigenvalue weighted by Gasteiger charge is -2.34. The van der Waals surface area contributed by atoms with Crippen LogP contribution in [0.25, 0.3) is 22.5 Å². The van der Waals surface area contributed by atoms with Crippen molar-refractivity contribution >= 4 is 17.1 Å². The Bertz CT molecular complexity index is 1540. The zero-order chi connectivity index (χ0) is 29.5. The third kappa shape index (κ3) is 5.86. The van der Waals surface area contributed by atoms with Crippen molar-refractivity contribution in [3.8, 4) is 22.5 Å². The van der Waals surface area contributed by atoms with E-state index in [2.05, 4.69) is 136 Å². The maximum atomic E-state index is 4.26. The van der Waals surface area contributed by atoms with E-state index in [1.165, 1.54) is 90.7 Å². The van der Waals surface area contributed by atoms with E-state index in [1.54, 1.807) is 0 Å². The summed E-state index contributed by atoms with van der Waals surface area (Å²) in [5.74, 6) is 0.727. The lowest BCUT2D eigenvalue weighted by atomic mass is 9.70. The minimum atomic E-state index is -0.0509. The fourth-order valence-corrected chi connectivity index (χ4v) is 7.02. The van der Waals surface area contributed by atoms with Gasteiger partial charge in [-0.15, -0.1) is 5.10 Å². The number of para-hydroxylation sites is 2. The molecule has 5 nitrogen and oxygen atoms in total. The topological polar surface area (TPSA) is 57.7 Å². The molecule has 0 saturated heterocycles. The monoisotopic (exact) mass is 569 g/mol. The van der Waals surface area contributed by atoms with E-state index in [9.17, 15) is 0 Å². The lowest BCUT2D eigenvalue weighted by molar-refractivity contribution is 0.401. The summed E-state index contributed by atoms with van der Waals surface area (Å²) in [6.45, 7) is 4.60. The molecule has 1 aromatic heterocycles. The van der Waals surface area contributed by atoms with Gasteiger partial charge in [-0.3, -0.25) is 0 Å². The molecular formula is C38H43N5. The Morgan fingerprint density at radius 2 is 1.19 bits per heavy atom. The average Bonchev–Trinajstić information content (AvgIpc) is 3.69. The van der Waals surface area contributed by atoms with Gasteiger partial charge in [0.25, 0.3) is 0 Å². The number of aromatic amines is 1. The van der Waals surface area contributed by atoms with Crippen LogP contribution in [0.4, 0.5) is 17.1 Å². The quantitative estimate of drug-likeness (QED) is 0.135. The Morgan fingerprint density at radius 3 is 1.74 bits per heavy atom. The van der Waals surface area contributed by atoms with Crippen molar-refractivity contribution in [2.75, 3.05) is 4.90 Å². The normalized spacial score (nSPS) is 13.1. The highest BCUT2D eigenvalue weighted by Crippen LogP contribution is 2.56. The standard InChI is InChI=1S/C38H43N5/c1-3-5-7-15-25-38(26-16-8-6-4-2)35-27-29(37-39-41-42-40-37)21-23-33(35)34-24-22-32(28-36(34)38)43(30-17-11-9-12-18-30)31-19-13-10-14-20-31/h9-14,17-24,27-28H,3-8,15-16,25-26H2,1-2H3,(H,39,40,41,42). The van der Waals surface area contributed by atoms with E-state index in [0.717, 1.165) is 24.2 Å². The smallest absolute Gasteiger partial charge is 0.179 e. The maximum absolute atomic E-state index is 4.26. The Labute approximate surface area is 256 Å². The molecule has 5 heteroatoms. The number of H-pyrrole nitrogens is 1. The highest BCUT2D eigenvalue weighted by Gasteiger charge is 2.43. The van der Waals surface area contributed by atoms with E-state index in [-0.39, 0.29) is 5.41 Å². The third-order valence-electron chi connectivity index (χ3n) is 9.16. The van der Waals surface area contributed by atoms with Crippen LogP contribution in [0.15, 0.2) is 97.1 Å². The van der Waals surface area contributed by atoms with Crippen molar-refractivity contribution < 1.29 is 0 Å². The predicted octanol–water partition coefficient (Wildman–Crippen LogP) is 10.5. The Kier molecular flexibility index (Phi) is 8.97. The second-order valence-electron chi connectivity index (χ2n) is 12.0.